The quantitative estimate of drug-likeness (QED) is 0.905. The van der Waals surface area contributed by atoms with Gasteiger partial charge >= 0.3 is 6.09 Å². The summed E-state index contributed by atoms with van der Waals surface area (Å²) in [5, 5.41) is 2.69. The third-order valence-corrected chi connectivity index (χ3v) is 3.14. The lowest BCUT2D eigenvalue weighted by atomic mass is 10.1. The molecule has 2 amide bonds. The first-order chi connectivity index (χ1) is 10.6. The van der Waals surface area contributed by atoms with Crippen LogP contribution >= 0.6 is 0 Å². The van der Waals surface area contributed by atoms with Crippen molar-refractivity contribution < 1.29 is 18.7 Å². The van der Waals surface area contributed by atoms with Gasteiger partial charge in [-0.3, -0.25) is 4.79 Å². The van der Waals surface area contributed by atoms with E-state index in [-0.39, 0.29) is 12.5 Å². The van der Waals surface area contributed by atoms with Gasteiger partial charge in [0.25, 0.3) is 5.91 Å². The molecular formula is C17H25FN2O3. The number of amides is 2. The van der Waals surface area contributed by atoms with E-state index in [0.29, 0.717) is 24.2 Å². The molecular weight excluding hydrogens is 299 g/mol. The summed E-state index contributed by atoms with van der Waals surface area (Å²) in [6, 6.07) is 4.08. The molecule has 0 fully saturated rings. The summed E-state index contributed by atoms with van der Waals surface area (Å²) < 4.78 is 18.5. The zero-order valence-corrected chi connectivity index (χ0v) is 14.4. The number of aryl methyl sites for hydroxylation is 1. The summed E-state index contributed by atoms with van der Waals surface area (Å²) in [5.41, 5.74) is 0.431. The van der Waals surface area contributed by atoms with E-state index in [1.807, 2.05) is 6.92 Å². The molecule has 1 aromatic rings. The third-order valence-electron chi connectivity index (χ3n) is 3.14. The Morgan fingerprint density at radius 3 is 2.52 bits per heavy atom. The lowest BCUT2D eigenvalue weighted by Gasteiger charge is -2.26. The minimum absolute atomic E-state index is 0.266. The lowest BCUT2D eigenvalue weighted by molar-refractivity contribution is 0.0261. The molecule has 1 aromatic carbocycles. The summed E-state index contributed by atoms with van der Waals surface area (Å²) in [5.74, 6) is -0.813. The van der Waals surface area contributed by atoms with Crippen LogP contribution in [0.2, 0.25) is 0 Å². The predicted molar refractivity (Wildman–Crippen MR) is 87.0 cm³/mol. The Hall–Kier alpha value is -2.11. The molecule has 0 saturated carbocycles. The molecule has 0 aliphatic heterocycles. The Morgan fingerprint density at radius 1 is 1.30 bits per heavy atom. The van der Waals surface area contributed by atoms with E-state index in [1.54, 1.807) is 33.8 Å². The number of carbonyl (C=O) groups is 2. The second-order valence-corrected chi connectivity index (χ2v) is 6.28. The van der Waals surface area contributed by atoms with Gasteiger partial charge in [-0.1, -0.05) is 6.07 Å². The van der Waals surface area contributed by atoms with Gasteiger partial charge in [0.05, 0.1) is 0 Å². The number of rotatable bonds is 5. The van der Waals surface area contributed by atoms with E-state index in [9.17, 15) is 14.0 Å². The minimum atomic E-state index is -0.563. The zero-order chi connectivity index (χ0) is 17.6. The molecule has 5 nitrogen and oxygen atoms in total. The number of ether oxygens (including phenoxy) is 1. The smallest absolute Gasteiger partial charge is 0.410 e. The topological polar surface area (TPSA) is 58.6 Å². The minimum Gasteiger partial charge on any atom is -0.444 e. The highest BCUT2D eigenvalue weighted by Crippen LogP contribution is 2.11. The molecule has 0 unspecified atom stereocenters. The number of nitrogens with one attached hydrogen (secondary N) is 1. The fraction of sp³-hybridized carbons (Fsp3) is 0.529. The fourth-order valence-corrected chi connectivity index (χ4v) is 1.94. The average Bonchev–Trinajstić information content (AvgIpc) is 2.44. The van der Waals surface area contributed by atoms with Gasteiger partial charge < -0.3 is 15.0 Å². The van der Waals surface area contributed by atoms with Gasteiger partial charge in [-0.2, -0.15) is 0 Å². The highest BCUT2D eigenvalue weighted by molar-refractivity contribution is 5.95. The molecule has 1 N–H and O–H groups in total. The highest BCUT2D eigenvalue weighted by Gasteiger charge is 2.21. The van der Waals surface area contributed by atoms with Crippen molar-refractivity contribution in [1.82, 2.24) is 10.2 Å². The summed E-state index contributed by atoms with van der Waals surface area (Å²) in [6.45, 7) is 10.0. The molecule has 0 aromatic heterocycles. The van der Waals surface area contributed by atoms with Crippen LogP contribution in [0.15, 0.2) is 18.2 Å². The molecule has 0 bridgehead atoms. The maximum absolute atomic E-state index is 13.2. The van der Waals surface area contributed by atoms with Crippen LogP contribution in [0.25, 0.3) is 0 Å². The molecule has 0 spiro atoms. The number of likely N-dealkylation sites (N-methyl/N-ethyl adjacent to an activating group) is 1. The second-order valence-electron chi connectivity index (χ2n) is 6.28. The SMILES string of the molecule is CCN(CCNC(=O)c1cc(F)ccc1C)C(=O)OC(C)(C)C. The first-order valence-electron chi connectivity index (χ1n) is 7.66. The Balaban J connectivity index is 2.55. The largest absolute Gasteiger partial charge is 0.444 e. The van der Waals surface area contributed by atoms with Gasteiger partial charge in [-0.25, -0.2) is 9.18 Å². The lowest BCUT2D eigenvalue weighted by Crippen LogP contribution is -2.41. The third kappa shape index (κ3) is 6.26. The van der Waals surface area contributed by atoms with Crippen molar-refractivity contribution in [1.29, 1.82) is 0 Å². The van der Waals surface area contributed by atoms with Crippen molar-refractivity contribution in [3.05, 3.63) is 35.1 Å². The Morgan fingerprint density at radius 2 is 1.96 bits per heavy atom. The number of hydrogen-bond acceptors (Lipinski definition) is 3. The molecule has 0 saturated heterocycles. The molecule has 128 valence electrons. The number of nitrogens with zero attached hydrogens (tertiary/aromatic N) is 1. The predicted octanol–water partition coefficient (Wildman–Crippen LogP) is 3.12. The highest BCUT2D eigenvalue weighted by atomic mass is 19.1. The van der Waals surface area contributed by atoms with Crippen molar-refractivity contribution in [2.24, 2.45) is 0 Å². The van der Waals surface area contributed by atoms with E-state index in [0.717, 1.165) is 0 Å². The Kier molecular flexibility index (Phi) is 6.54. The normalized spacial score (nSPS) is 11.0. The van der Waals surface area contributed by atoms with Crippen LogP contribution in [0, 0.1) is 12.7 Å². The molecule has 0 radical (unpaired) electrons. The van der Waals surface area contributed by atoms with Crippen LogP contribution < -0.4 is 5.32 Å². The summed E-state index contributed by atoms with van der Waals surface area (Å²) in [7, 11) is 0. The van der Waals surface area contributed by atoms with E-state index in [1.165, 1.54) is 17.0 Å². The van der Waals surface area contributed by atoms with Crippen LogP contribution in [0.3, 0.4) is 0 Å². The van der Waals surface area contributed by atoms with Crippen molar-refractivity contribution >= 4 is 12.0 Å². The van der Waals surface area contributed by atoms with Crippen LogP contribution in [-0.4, -0.2) is 42.1 Å². The molecule has 0 atom stereocenters. The van der Waals surface area contributed by atoms with Crippen LogP contribution in [-0.2, 0) is 4.74 Å². The first kappa shape index (κ1) is 18.9. The zero-order valence-electron chi connectivity index (χ0n) is 14.4. The first-order valence-corrected chi connectivity index (χ1v) is 7.66. The summed E-state index contributed by atoms with van der Waals surface area (Å²) in [6.07, 6.45) is -0.420. The van der Waals surface area contributed by atoms with Gasteiger partial charge in [0.1, 0.15) is 11.4 Å². The van der Waals surface area contributed by atoms with Crippen molar-refractivity contribution in [3.8, 4) is 0 Å². The average molecular weight is 324 g/mol. The Labute approximate surface area is 136 Å². The van der Waals surface area contributed by atoms with Crippen LogP contribution in [0.5, 0.6) is 0 Å². The van der Waals surface area contributed by atoms with E-state index in [4.69, 9.17) is 4.74 Å². The number of hydrogen-bond donors (Lipinski definition) is 1. The van der Waals surface area contributed by atoms with Crippen molar-refractivity contribution in [2.75, 3.05) is 19.6 Å². The molecule has 0 aliphatic carbocycles. The number of halogens is 1. The molecule has 23 heavy (non-hydrogen) atoms. The standard InChI is InChI=1S/C17H25FN2O3/c1-6-20(16(22)23-17(3,4)5)10-9-19-15(21)14-11-13(18)8-7-12(14)2/h7-8,11H,6,9-10H2,1-5H3,(H,19,21). The molecule has 6 heteroatoms. The van der Waals surface area contributed by atoms with E-state index < -0.39 is 17.5 Å². The van der Waals surface area contributed by atoms with Crippen molar-refractivity contribution in [2.45, 2.75) is 40.2 Å². The van der Waals surface area contributed by atoms with E-state index in [2.05, 4.69) is 5.32 Å². The Bertz CT molecular complexity index is 567. The van der Waals surface area contributed by atoms with Crippen LogP contribution in [0.4, 0.5) is 9.18 Å². The molecule has 0 aliphatic rings. The van der Waals surface area contributed by atoms with Gasteiger partial charge in [-0.05, 0) is 52.3 Å². The maximum Gasteiger partial charge on any atom is 0.410 e. The molecule has 0 heterocycles. The van der Waals surface area contributed by atoms with Gasteiger partial charge in [0, 0.05) is 25.2 Å². The van der Waals surface area contributed by atoms with Crippen LogP contribution in [0.1, 0.15) is 43.6 Å². The summed E-state index contributed by atoms with van der Waals surface area (Å²) >= 11 is 0. The molecule has 1 rings (SSSR count). The second kappa shape index (κ2) is 7.94. The van der Waals surface area contributed by atoms with E-state index >= 15 is 0 Å². The maximum atomic E-state index is 13.2. The number of carbonyl (C=O) groups excluding carboxylic acids is 2. The monoisotopic (exact) mass is 324 g/mol. The number of benzene rings is 1. The van der Waals surface area contributed by atoms with Gasteiger partial charge in [-0.15, -0.1) is 0 Å². The van der Waals surface area contributed by atoms with Crippen molar-refractivity contribution in [3.63, 3.8) is 0 Å². The van der Waals surface area contributed by atoms with Gasteiger partial charge in [0.2, 0.25) is 0 Å². The fourth-order valence-electron chi connectivity index (χ4n) is 1.94. The van der Waals surface area contributed by atoms with Gasteiger partial charge in [0.15, 0.2) is 0 Å². The summed E-state index contributed by atoms with van der Waals surface area (Å²) in [4.78, 5) is 25.6.